The lowest BCUT2D eigenvalue weighted by Gasteiger charge is -2.00. The Bertz CT molecular complexity index is 437. The van der Waals surface area contributed by atoms with Crippen LogP contribution in [0.5, 0.6) is 0 Å². The number of hydrogen-bond acceptors (Lipinski definition) is 2. The van der Waals surface area contributed by atoms with Gasteiger partial charge in [0, 0.05) is 5.88 Å². The van der Waals surface area contributed by atoms with Crippen molar-refractivity contribution in [2.24, 2.45) is 0 Å². The minimum absolute atomic E-state index is 0.110. The summed E-state index contributed by atoms with van der Waals surface area (Å²) < 4.78 is 30.7. The van der Waals surface area contributed by atoms with Crippen LogP contribution in [-0.2, 0) is 10.1 Å². The average molecular weight is 233 g/mol. The first-order valence-electron chi connectivity index (χ1n) is 3.84. The Morgan fingerprint density at radius 1 is 1.36 bits per heavy atom. The summed E-state index contributed by atoms with van der Waals surface area (Å²) in [6.07, 6.45) is 3.15. The van der Waals surface area contributed by atoms with Gasteiger partial charge in [0.25, 0.3) is 10.1 Å². The van der Waals surface area contributed by atoms with E-state index in [1.165, 1.54) is 6.07 Å². The van der Waals surface area contributed by atoms with E-state index in [1.54, 1.807) is 30.4 Å². The summed E-state index contributed by atoms with van der Waals surface area (Å²) in [6.45, 7) is 0. The molecule has 1 N–H and O–H groups in total. The summed E-state index contributed by atoms with van der Waals surface area (Å²) in [5, 5.41) is 0. The molecule has 1 aromatic rings. The molecule has 0 spiro atoms. The molecule has 0 unspecified atom stereocenters. The van der Waals surface area contributed by atoms with Crippen molar-refractivity contribution in [1.29, 1.82) is 0 Å². The Kier molecular flexibility index (Phi) is 3.69. The van der Waals surface area contributed by atoms with E-state index in [-0.39, 0.29) is 4.90 Å². The molecule has 5 heteroatoms. The molecule has 0 aliphatic rings. The third kappa shape index (κ3) is 2.83. The Hall–Kier alpha value is -0.840. The van der Waals surface area contributed by atoms with Gasteiger partial charge in [0.2, 0.25) is 0 Å². The number of allylic oxidation sites excluding steroid dienone is 1. The van der Waals surface area contributed by atoms with Gasteiger partial charge in [0.1, 0.15) is 4.90 Å². The predicted octanol–water partition coefficient (Wildman–Crippen LogP) is 2.19. The zero-order valence-electron chi connectivity index (χ0n) is 7.22. The molecule has 14 heavy (non-hydrogen) atoms. The molecule has 0 aliphatic heterocycles. The molecule has 0 heterocycles. The third-order valence-corrected chi connectivity index (χ3v) is 2.69. The summed E-state index contributed by atoms with van der Waals surface area (Å²) in [4.78, 5) is -0.110. The van der Waals surface area contributed by atoms with E-state index in [4.69, 9.17) is 16.2 Å². The minimum atomic E-state index is -4.16. The zero-order chi connectivity index (χ0) is 10.6. The highest BCUT2D eigenvalue weighted by Crippen LogP contribution is 2.16. The fraction of sp³-hybridized carbons (Fsp3) is 0.111. The van der Waals surface area contributed by atoms with Gasteiger partial charge >= 0.3 is 0 Å². The van der Waals surface area contributed by atoms with Crippen molar-refractivity contribution in [3.05, 3.63) is 35.9 Å². The van der Waals surface area contributed by atoms with E-state index in [0.29, 0.717) is 11.4 Å². The fourth-order valence-electron chi connectivity index (χ4n) is 1.02. The number of hydrogen-bond donors (Lipinski definition) is 1. The highest BCUT2D eigenvalue weighted by molar-refractivity contribution is 7.85. The quantitative estimate of drug-likeness (QED) is 0.642. The summed E-state index contributed by atoms with van der Waals surface area (Å²) in [6, 6.07) is 6.15. The fourth-order valence-corrected chi connectivity index (χ4v) is 1.80. The first kappa shape index (κ1) is 11.2. The highest BCUT2D eigenvalue weighted by atomic mass is 35.5. The largest absolute Gasteiger partial charge is 0.295 e. The van der Waals surface area contributed by atoms with Crippen LogP contribution in [0.2, 0.25) is 0 Å². The summed E-state index contributed by atoms with van der Waals surface area (Å²) in [5.74, 6) is 0.291. The van der Waals surface area contributed by atoms with Crippen molar-refractivity contribution >= 4 is 27.8 Å². The smallest absolute Gasteiger partial charge is 0.282 e. The van der Waals surface area contributed by atoms with Gasteiger partial charge in [-0.05, 0) is 11.6 Å². The standard InChI is InChI=1S/C9H9ClO3S/c10-7-3-5-8-4-1-2-6-9(8)14(11,12)13/h1-6H,7H2,(H,11,12,13). The molecule has 0 amide bonds. The molecule has 0 saturated carbocycles. The number of benzene rings is 1. The van der Waals surface area contributed by atoms with Gasteiger partial charge in [-0.1, -0.05) is 30.4 Å². The zero-order valence-corrected chi connectivity index (χ0v) is 8.79. The lowest BCUT2D eigenvalue weighted by atomic mass is 10.2. The van der Waals surface area contributed by atoms with E-state index < -0.39 is 10.1 Å². The second kappa shape index (κ2) is 4.59. The van der Waals surface area contributed by atoms with Crippen molar-refractivity contribution in [2.45, 2.75) is 4.90 Å². The first-order valence-corrected chi connectivity index (χ1v) is 5.82. The maximum absolute atomic E-state index is 10.9. The number of rotatable bonds is 3. The number of alkyl halides is 1. The van der Waals surface area contributed by atoms with Crippen LogP contribution in [0.25, 0.3) is 6.08 Å². The summed E-state index contributed by atoms with van der Waals surface area (Å²) >= 11 is 5.42. The molecule has 0 fully saturated rings. The van der Waals surface area contributed by atoms with E-state index in [1.807, 2.05) is 0 Å². The molecule has 0 saturated heterocycles. The maximum atomic E-state index is 10.9. The molecule has 0 aliphatic carbocycles. The molecular formula is C9H9ClO3S. The molecule has 3 nitrogen and oxygen atoms in total. The molecule has 0 radical (unpaired) electrons. The second-order valence-electron chi connectivity index (χ2n) is 2.57. The van der Waals surface area contributed by atoms with Crippen LogP contribution in [0.4, 0.5) is 0 Å². The van der Waals surface area contributed by atoms with Crippen LogP contribution in [-0.4, -0.2) is 18.9 Å². The SMILES string of the molecule is O=S(=O)(O)c1ccccc1C=CCCl. The monoisotopic (exact) mass is 232 g/mol. The van der Waals surface area contributed by atoms with E-state index in [2.05, 4.69) is 0 Å². The molecule has 1 rings (SSSR count). The summed E-state index contributed by atoms with van der Waals surface area (Å²) in [5.41, 5.74) is 0.427. The van der Waals surface area contributed by atoms with Crippen LogP contribution in [0.15, 0.2) is 35.2 Å². The van der Waals surface area contributed by atoms with Crippen molar-refractivity contribution < 1.29 is 13.0 Å². The normalized spacial score (nSPS) is 12.1. The van der Waals surface area contributed by atoms with Crippen molar-refractivity contribution in [3.63, 3.8) is 0 Å². The van der Waals surface area contributed by atoms with Gasteiger partial charge in [-0.25, -0.2) is 0 Å². The first-order chi connectivity index (χ1) is 6.55. The second-order valence-corrected chi connectivity index (χ2v) is 4.27. The van der Waals surface area contributed by atoms with Crippen molar-refractivity contribution in [3.8, 4) is 0 Å². The van der Waals surface area contributed by atoms with Crippen LogP contribution in [0, 0.1) is 0 Å². The van der Waals surface area contributed by atoms with E-state index >= 15 is 0 Å². The maximum Gasteiger partial charge on any atom is 0.295 e. The number of halogens is 1. The van der Waals surface area contributed by atoms with Crippen molar-refractivity contribution in [2.75, 3.05) is 5.88 Å². The summed E-state index contributed by atoms with van der Waals surface area (Å²) in [7, 11) is -4.16. The van der Waals surface area contributed by atoms with Gasteiger partial charge in [-0.2, -0.15) is 8.42 Å². The van der Waals surface area contributed by atoms with Crippen LogP contribution >= 0.6 is 11.6 Å². The molecule has 1 aromatic carbocycles. The van der Waals surface area contributed by atoms with Crippen molar-refractivity contribution in [1.82, 2.24) is 0 Å². The lowest BCUT2D eigenvalue weighted by molar-refractivity contribution is 0.483. The van der Waals surface area contributed by atoms with Gasteiger partial charge in [0.15, 0.2) is 0 Å². The topological polar surface area (TPSA) is 54.4 Å². The average Bonchev–Trinajstić information content (AvgIpc) is 2.14. The van der Waals surface area contributed by atoms with Crippen LogP contribution in [0.1, 0.15) is 5.56 Å². The van der Waals surface area contributed by atoms with Gasteiger partial charge < -0.3 is 0 Å². The Balaban J connectivity index is 3.24. The van der Waals surface area contributed by atoms with E-state index in [0.717, 1.165) is 0 Å². The Morgan fingerprint density at radius 2 is 2.00 bits per heavy atom. The molecule has 0 bridgehead atoms. The van der Waals surface area contributed by atoms with Gasteiger partial charge in [-0.15, -0.1) is 11.6 Å². The minimum Gasteiger partial charge on any atom is -0.282 e. The van der Waals surface area contributed by atoms with Gasteiger partial charge in [0.05, 0.1) is 0 Å². The van der Waals surface area contributed by atoms with Crippen LogP contribution in [0.3, 0.4) is 0 Å². The third-order valence-electron chi connectivity index (χ3n) is 1.58. The highest BCUT2D eigenvalue weighted by Gasteiger charge is 2.12. The predicted molar refractivity (Wildman–Crippen MR) is 56.0 cm³/mol. The van der Waals surface area contributed by atoms with E-state index in [9.17, 15) is 8.42 Å². The molecule has 0 atom stereocenters. The molecule has 76 valence electrons. The van der Waals surface area contributed by atoms with Crippen LogP contribution < -0.4 is 0 Å². The van der Waals surface area contributed by atoms with Gasteiger partial charge in [-0.3, -0.25) is 4.55 Å². The molecule has 0 aromatic heterocycles. The Labute approximate surface area is 87.8 Å². The lowest BCUT2D eigenvalue weighted by Crippen LogP contribution is -2.00. The molecular weight excluding hydrogens is 224 g/mol. The Morgan fingerprint density at radius 3 is 2.57 bits per heavy atom.